The molecule has 1 saturated heterocycles. The predicted molar refractivity (Wildman–Crippen MR) is 36.9 cm³/mol. The molecule has 1 aliphatic rings. The Kier molecular flexibility index (Phi) is 3.00. The highest BCUT2D eigenvalue weighted by atomic mass is 19.1. The third-order valence-corrected chi connectivity index (χ3v) is 1.82. The monoisotopic (exact) mass is 178 g/mol. The Morgan fingerprint density at radius 1 is 1.50 bits per heavy atom. The molecular formula is C7H11FO4. The molecule has 1 heterocycles. The number of hydrogen-bond acceptors (Lipinski definition) is 4. The SMILES string of the molecule is [CH][C@@H]1O[C@@H]([C@H](F)OC)[C@H](O)C1O. The molecule has 1 fully saturated rings. The van der Waals surface area contributed by atoms with E-state index in [0.717, 1.165) is 7.11 Å². The number of ether oxygens (including phenoxy) is 2. The largest absolute Gasteiger partial charge is 0.388 e. The molecular weight excluding hydrogens is 167 g/mol. The minimum absolute atomic E-state index is 1.06. The van der Waals surface area contributed by atoms with Gasteiger partial charge in [-0.05, 0) is 6.92 Å². The van der Waals surface area contributed by atoms with Crippen molar-refractivity contribution < 1.29 is 24.1 Å². The first-order chi connectivity index (χ1) is 5.57. The van der Waals surface area contributed by atoms with Crippen molar-refractivity contribution in [2.24, 2.45) is 0 Å². The average molecular weight is 178 g/mol. The Hall–Kier alpha value is -0.230. The highest BCUT2D eigenvalue weighted by molar-refractivity contribution is 4.92. The van der Waals surface area contributed by atoms with Gasteiger partial charge in [0.15, 0.2) is 0 Å². The van der Waals surface area contributed by atoms with Crippen molar-refractivity contribution in [3.8, 4) is 0 Å². The van der Waals surface area contributed by atoms with Gasteiger partial charge in [-0.25, -0.2) is 4.39 Å². The lowest BCUT2D eigenvalue weighted by Crippen LogP contribution is -2.37. The number of halogens is 1. The molecule has 5 heteroatoms. The summed E-state index contributed by atoms with van der Waals surface area (Å²) in [6.45, 7) is 5.20. The summed E-state index contributed by atoms with van der Waals surface area (Å²) in [4.78, 5) is 0. The number of rotatable bonds is 2. The van der Waals surface area contributed by atoms with Gasteiger partial charge in [-0.1, -0.05) is 0 Å². The van der Waals surface area contributed by atoms with Crippen molar-refractivity contribution in [1.82, 2.24) is 0 Å². The Balaban J connectivity index is 2.58. The van der Waals surface area contributed by atoms with Gasteiger partial charge >= 0.3 is 0 Å². The Labute approximate surface area is 69.9 Å². The average Bonchev–Trinajstić information content (AvgIpc) is 2.32. The van der Waals surface area contributed by atoms with Crippen molar-refractivity contribution in [2.75, 3.05) is 7.11 Å². The molecule has 5 atom stereocenters. The summed E-state index contributed by atoms with van der Waals surface area (Å²) in [6.07, 6.45) is -6.64. The molecule has 2 N–H and O–H groups in total. The maximum atomic E-state index is 12.8. The molecule has 0 saturated carbocycles. The van der Waals surface area contributed by atoms with Crippen LogP contribution in [0.4, 0.5) is 4.39 Å². The van der Waals surface area contributed by atoms with Crippen molar-refractivity contribution in [3.05, 3.63) is 6.92 Å². The van der Waals surface area contributed by atoms with Gasteiger partial charge in [0.25, 0.3) is 0 Å². The summed E-state index contributed by atoms with van der Waals surface area (Å²) in [7, 11) is 1.14. The van der Waals surface area contributed by atoms with Crippen LogP contribution in [0, 0.1) is 6.92 Å². The van der Waals surface area contributed by atoms with E-state index in [9.17, 15) is 4.39 Å². The fraction of sp³-hybridized carbons (Fsp3) is 0.857. The number of aliphatic hydroxyl groups is 2. The third-order valence-electron chi connectivity index (χ3n) is 1.82. The summed E-state index contributed by atoms with van der Waals surface area (Å²) in [5.74, 6) is 0. The fourth-order valence-corrected chi connectivity index (χ4v) is 1.08. The minimum atomic E-state index is -1.77. The molecule has 0 aromatic rings. The van der Waals surface area contributed by atoms with Crippen LogP contribution in [0.5, 0.6) is 0 Å². The van der Waals surface area contributed by atoms with Crippen LogP contribution in [-0.4, -0.2) is 48.1 Å². The van der Waals surface area contributed by atoms with Gasteiger partial charge < -0.3 is 19.7 Å². The van der Waals surface area contributed by atoms with Crippen LogP contribution in [-0.2, 0) is 9.47 Å². The van der Waals surface area contributed by atoms with Crippen LogP contribution in [0.2, 0.25) is 0 Å². The molecule has 2 radical (unpaired) electrons. The topological polar surface area (TPSA) is 58.9 Å². The second kappa shape index (κ2) is 3.66. The second-order valence-corrected chi connectivity index (χ2v) is 2.63. The quantitative estimate of drug-likeness (QED) is 0.577. The van der Waals surface area contributed by atoms with Crippen molar-refractivity contribution >= 4 is 0 Å². The molecule has 1 unspecified atom stereocenters. The first-order valence-corrected chi connectivity index (χ1v) is 3.52. The van der Waals surface area contributed by atoms with Gasteiger partial charge in [0, 0.05) is 7.11 Å². The molecule has 0 aliphatic carbocycles. The lowest BCUT2D eigenvalue weighted by Gasteiger charge is -2.17. The van der Waals surface area contributed by atoms with Crippen LogP contribution in [0.3, 0.4) is 0 Å². The smallest absolute Gasteiger partial charge is 0.227 e. The zero-order valence-electron chi connectivity index (χ0n) is 6.55. The molecule has 70 valence electrons. The molecule has 0 spiro atoms. The van der Waals surface area contributed by atoms with Gasteiger partial charge in [-0.2, -0.15) is 0 Å². The number of alkyl halides is 1. The molecule has 1 aliphatic heterocycles. The Morgan fingerprint density at radius 3 is 2.42 bits per heavy atom. The minimum Gasteiger partial charge on any atom is -0.388 e. The number of methoxy groups -OCH3 is 1. The third kappa shape index (κ3) is 1.59. The lowest BCUT2D eigenvalue weighted by atomic mass is 10.1. The molecule has 0 amide bonds. The fourth-order valence-electron chi connectivity index (χ4n) is 1.08. The highest BCUT2D eigenvalue weighted by Crippen LogP contribution is 2.24. The lowest BCUT2D eigenvalue weighted by molar-refractivity contribution is -0.132. The first kappa shape index (κ1) is 9.85. The summed E-state index contributed by atoms with van der Waals surface area (Å²) < 4.78 is 21.8. The van der Waals surface area contributed by atoms with E-state index in [4.69, 9.17) is 21.9 Å². The second-order valence-electron chi connectivity index (χ2n) is 2.63. The summed E-state index contributed by atoms with van der Waals surface area (Å²) in [6, 6.07) is 0. The van der Waals surface area contributed by atoms with E-state index in [1.54, 1.807) is 0 Å². The van der Waals surface area contributed by atoms with E-state index in [2.05, 4.69) is 4.74 Å². The first-order valence-electron chi connectivity index (χ1n) is 3.52. The standard InChI is InChI=1S/C7H11FO4/c1-3-4(9)5(10)6(12-3)7(8)11-2/h1,3-7,9-10H,2H3/t3-,4?,5+,6+,7+/m0/s1. The number of aliphatic hydroxyl groups excluding tert-OH is 2. The van der Waals surface area contributed by atoms with E-state index in [1.807, 2.05) is 0 Å². The van der Waals surface area contributed by atoms with Crippen molar-refractivity contribution in [1.29, 1.82) is 0 Å². The summed E-state index contributed by atoms with van der Waals surface area (Å²) >= 11 is 0. The van der Waals surface area contributed by atoms with E-state index in [1.165, 1.54) is 0 Å². The predicted octanol–water partition coefficient (Wildman–Crippen LogP) is -0.871. The summed E-state index contributed by atoms with van der Waals surface area (Å²) in [5.41, 5.74) is 0. The Morgan fingerprint density at radius 2 is 2.08 bits per heavy atom. The maximum absolute atomic E-state index is 12.8. The van der Waals surface area contributed by atoms with Crippen LogP contribution in [0.25, 0.3) is 0 Å². The summed E-state index contributed by atoms with van der Waals surface area (Å²) in [5, 5.41) is 18.2. The molecule has 0 aromatic carbocycles. The van der Waals surface area contributed by atoms with E-state index in [0.29, 0.717) is 0 Å². The molecule has 0 bridgehead atoms. The molecule has 12 heavy (non-hydrogen) atoms. The normalized spacial score (nSPS) is 44.8. The Bertz CT molecular complexity index is 154. The van der Waals surface area contributed by atoms with E-state index in [-0.39, 0.29) is 0 Å². The van der Waals surface area contributed by atoms with Crippen LogP contribution in [0.15, 0.2) is 0 Å². The zero-order valence-corrected chi connectivity index (χ0v) is 6.55. The molecule has 4 nitrogen and oxygen atoms in total. The molecule has 1 rings (SSSR count). The van der Waals surface area contributed by atoms with Gasteiger partial charge in [0.1, 0.15) is 18.3 Å². The maximum Gasteiger partial charge on any atom is 0.227 e. The van der Waals surface area contributed by atoms with Crippen LogP contribution >= 0.6 is 0 Å². The number of hydrogen-bond donors (Lipinski definition) is 2. The van der Waals surface area contributed by atoms with Crippen LogP contribution in [0.1, 0.15) is 0 Å². The zero-order chi connectivity index (χ0) is 9.30. The van der Waals surface area contributed by atoms with Crippen molar-refractivity contribution in [2.45, 2.75) is 30.8 Å². The highest BCUT2D eigenvalue weighted by Gasteiger charge is 2.44. The van der Waals surface area contributed by atoms with Crippen molar-refractivity contribution in [3.63, 3.8) is 0 Å². The molecule has 0 aromatic heterocycles. The van der Waals surface area contributed by atoms with Gasteiger partial charge in [0.2, 0.25) is 6.36 Å². The van der Waals surface area contributed by atoms with Gasteiger partial charge in [-0.3, -0.25) is 0 Å². The van der Waals surface area contributed by atoms with E-state index < -0.39 is 30.8 Å². The van der Waals surface area contributed by atoms with Gasteiger partial charge in [-0.15, -0.1) is 0 Å². The van der Waals surface area contributed by atoms with Crippen LogP contribution < -0.4 is 0 Å². The van der Waals surface area contributed by atoms with Gasteiger partial charge in [0.05, 0.1) is 6.10 Å². The van der Waals surface area contributed by atoms with E-state index >= 15 is 0 Å².